The molecule has 1 aromatic carbocycles. The predicted molar refractivity (Wildman–Crippen MR) is 90.1 cm³/mol. The maximum absolute atomic E-state index is 11.4. The van der Waals surface area contributed by atoms with Crippen molar-refractivity contribution in [3.63, 3.8) is 0 Å². The van der Waals surface area contributed by atoms with Gasteiger partial charge in [0.2, 0.25) is 0 Å². The van der Waals surface area contributed by atoms with Crippen molar-refractivity contribution in [3.05, 3.63) is 52.2 Å². The fourth-order valence-corrected chi connectivity index (χ4v) is 3.65. The van der Waals surface area contributed by atoms with Gasteiger partial charge in [-0.15, -0.1) is 0 Å². The van der Waals surface area contributed by atoms with Gasteiger partial charge in [-0.05, 0) is 32.0 Å². The van der Waals surface area contributed by atoms with E-state index in [1.807, 2.05) is 18.2 Å². The molecule has 1 saturated heterocycles. The lowest BCUT2D eigenvalue weighted by Crippen LogP contribution is -2.41. The fraction of sp³-hybridized carbons (Fsp3) is 0.353. The summed E-state index contributed by atoms with van der Waals surface area (Å²) < 4.78 is 0. The Bertz CT molecular complexity index is 924. The molecule has 0 unspecified atom stereocenters. The highest BCUT2D eigenvalue weighted by atomic mass is 16.3. The van der Waals surface area contributed by atoms with Gasteiger partial charge in [-0.2, -0.15) is 0 Å². The number of phenols is 1. The number of fused-ring (bicyclic) bond motifs is 1. The normalized spacial score (nSPS) is 17.2. The molecule has 0 atom stereocenters. The minimum Gasteiger partial charge on any atom is -0.508 e. The first kappa shape index (κ1) is 14.9. The van der Waals surface area contributed by atoms with E-state index in [4.69, 9.17) is 0 Å². The van der Waals surface area contributed by atoms with Crippen LogP contribution in [-0.2, 0) is 11.8 Å². The lowest BCUT2D eigenvalue weighted by Gasteiger charge is -2.38. The number of hydrogen-bond acceptors (Lipinski definition) is 5. The van der Waals surface area contributed by atoms with Crippen LogP contribution >= 0.6 is 0 Å². The molecule has 0 bridgehead atoms. The number of H-pyrrole nitrogens is 2. The smallest absolute Gasteiger partial charge is 0.326 e. The van der Waals surface area contributed by atoms with Crippen LogP contribution in [0.25, 0.3) is 11.3 Å². The van der Waals surface area contributed by atoms with Crippen LogP contribution in [0.2, 0.25) is 0 Å². The van der Waals surface area contributed by atoms with Crippen LogP contribution in [-0.4, -0.2) is 38.1 Å². The Morgan fingerprint density at radius 3 is 2.67 bits per heavy atom. The minimum absolute atomic E-state index is 0.185. The molecule has 4 rings (SSSR count). The average molecular weight is 325 g/mol. The monoisotopic (exact) mass is 325 g/mol. The summed E-state index contributed by atoms with van der Waals surface area (Å²) in [6.45, 7) is 1.79. The molecular formula is C17H19N5O2. The third-order valence-electron chi connectivity index (χ3n) is 4.84. The number of phenolic OH excluding ortho intramolecular Hbond substituents is 1. The van der Waals surface area contributed by atoms with Crippen molar-refractivity contribution in [3.8, 4) is 5.75 Å². The van der Waals surface area contributed by atoms with Crippen molar-refractivity contribution in [2.45, 2.75) is 24.7 Å². The van der Waals surface area contributed by atoms with Gasteiger partial charge in [0.15, 0.2) is 11.3 Å². The van der Waals surface area contributed by atoms with Crippen LogP contribution in [0, 0.1) is 0 Å². The van der Waals surface area contributed by atoms with Crippen LogP contribution < -0.4 is 11.0 Å². The van der Waals surface area contributed by atoms with E-state index in [1.54, 1.807) is 12.3 Å². The number of aromatic amines is 2. The first-order valence-corrected chi connectivity index (χ1v) is 8.09. The summed E-state index contributed by atoms with van der Waals surface area (Å²) >= 11 is 0. The van der Waals surface area contributed by atoms with E-state index in [-0.39, 0.29) is 11.1 Å². The van der Waals surface area contributed by atoms with E-state index < -0.39 is 0 Å². The predicted octanol–water partition coefficient (Wildman–Crippen LogP) is 1.22. The Kier molecular flexibility index (Phi) is 3.57. The van der Waals surface area contributed by atoms with E-state index in [2.05, 4.69) is 25.3 Å². The van der Waals surface area contributed by atoms with Gasteiger partial charge in [-0.1, -0.05) is 18.2 Å². The fourth-order valence-electron chi connectivity index (χ4n) is 3.65. The Labute approximate surface area is 138 Å². The van der Waals surface area contributed by atoms with Gasteiger partial charge in [-0.3, -0.25) is 9.97 Å². The lowest BCUT2D eigenvalue weighted by atomic mass is 9.70. The number of piperidine rings is 1. The van der Waals surface area contributed by atoms with Gasteiger partial charge >= 0.3 is 5.69 Å². The number of benzene rings is 1. The van der Waals surface area contributed by atoms with Crippen LogP contribution in [0.4, 0.5) is 0 Å². The van der Waals surface area contributed by atoms with Crippen molar-refractivity contribution in [1.82, 2.24) is 25.3 Å². The highest BCUT2D eigenvalue weighted by Crippen LogP contribution is 2.40. The highest BCUT2D eigenvalue weighted by molar-refractivity contribution is 5.63. The molecule has 0 aliphatic carbocycles. The van der Waals surface area contributed by atoms with Crippen LogP contribution in [0.3, 0.4) is 0 Å². The summed E-state index contributed by atoms with van der Waals surface area (Å²) in [4.78, 5) is 25.5. The van der Waals surface area contributed by atoms with Crippen molar-refractivity contribution in [1.29, 1.82) is 0 Å². The molecule has 1 fully saturated rings. The maximum Gasteiger partial charge on any atom is 0.326 e. The Hall–Kier alpha value is -2.67. The molecule has 7 heteroatoms. The summed E-state index contributed by atoms with van der Waals surface area (Å²) in [7, 11) is 0. The number of imidazole rings is 1. The molecule has 0 spiro atoms. The Morgan fingerprint density at radius 2 is 1.88 bits per heavy atom. The quantitative estimate of drug-likeness (QED) is 0.579. The Morgan fingerprint density at radius 1 is 1.12 bits per heavy atom. The molecule has 1 aliphatic rings. The van der Waals surface area contributed by atoms with Gasteiger partial charge in [-0.25, -0.2) is 14.8 Å². The summed E-state index contributed by atoms with van der Waals surface area (Å²) in [5.41, 5.74) is 2.21. The number of nitrogens with zero attached hydrogens (tertiary/aromatic N) is 2. The molecule has 1 aliphatic heterocycles. The Balaban J connectivity index is 1.76. The highest BCUT2D eigenvalue weighted by Gasteiger charge is 2.36. The van der Waals surface area contributed by atoms with E-state index in [0.717, 1.165) is 37.2 Å². The first-order valence-electron chi connectivity index (χ1n) is 8.09. The summed E-state index contributed by atoms with van der Waals surface area (Å²) in [5, 5.41) is 13.7. The van der Waals surface area contributed by atoms with Gasteiger partial charge in [0, 0.05) is 17.4 Å². The molecule has 2 aromatic heterocycles. The minimum atomic E-state index is -0.306. The zero-order valence-electron chi connectivity index (χ0n) is 13.2. The second-order valence-corrected chi connectivity index (χ2v) is 6.36. The molecule has 3 aromatic rings. The van der Waals surface area contributed by atoms with E-state index in [0.29, 0.717) is 23.5 Å². The zero-order chi connectivity index (χ0) is 16.6. The molecule has 0 saturated carbocycles. The van der Waals surface area contributed by atoms with Crippen molar-refractivity contribution in [2.24, 2.45) is 0 Å². The van der Waals surface area contributed by atoms with E-state index in [1.165, 1.54) is 0 Å². The largest absolute Gasteiger partial charge is 0.508 e. The molecule has 124 valence electrons. The summed E-state index contributed by atoms with van der Waals surface area (Å²) in [5.74, 6) is 0.323. The summed E-state index contributed by atoms with van der Waals surface area (Å²) in [6.07, 6.45) is 4.19. The molecule has 3 heterocycles. The van der Waals surface area contributed by atoms with Crippen molar-refractivity contribution >= 4 is 11.3 Å². The third-order valence-corrected chi connectivity index (χ3v) is 4.84. The first-order chi connectivity index (χ1) is 11.7. The number of para-hydroxylation sites is 1. The second-order valence-electron chi connectivity index (χ2n) is 6.36. The standard InChI is InChI=1S/C17H19N5O2/c23-13-4-2-1-3-12(13)17(5-7-18-8-6-17)9-11-10-19-14-15(20-11)22-16(24)21-14/h1-4,10,18,23H,5-9H2,(H2,19,20,21,22,24). The van der Waals surface area contributed by atoms with Gasteiger partial charge < -0.3 is 10.4 Å². The number of aromatic nitrogens is 4. The van der Waals surface area contributed by atoms with Crippen molar-refractivity contribution in [2.75, 3.05) is 13.1 Å². The molecule has 24 heavy (non-hydrogen) atoms. The van der Waals surface area contributed by atoms with Crippen LogP contribution in [0.5, 0.6) is 5.75 Å². The maximum atomic E-state index is 11.4. The second kappa shape index (κ2) is 5.76. The number of hydrogen-bond donors (Lipinski definition) is 4. The summed E-state index contributed by atoms with van der Waals surface area (Å²) in [6, 6.07) is 7.52. The van der Waals surface area contributed by atoms with Gasteiger partial charge in [0.1, 0.15) is 5.75 Å². The van der Waals surface area contributed by atoms with Crippen LogP contribution in [0.15, 0.2) is 35.3 Å². The van der Waals surface area contributed by atoms with E-state index >= 15 is 0 Å². The molecular weight excluding hydrogens is 306 g/mol. The van der Waals surface area contributed by atoms with Crippen molar-refractivity contribution < 1.29 is 5.11 Å². The number of aromatic hydroxyl groups is 1. The average Bonchev–Trinajstić information content (AvgIpc) is 2.95. The molecule has 7 nitrogen and oxygen atoms in total. The number of rotatable bonds is 3. The number of nitrogens with one attached hydrogen (secondary N) is 3. The topological polar surface area (TPSA) is 107 Å². The third kappa shape index (κ3) is 2.56. The van der Waals surface area contributed by atoms with Crippen LogP contribution in [0.1, 0.15) is 24.1 Å². The molecule has 4 N–H and O–H groups in total. The van der Waals surface area contributed by atoms with Gasteiger partial charge in [0.05, 0.1) is 11.9 Å². The van der Waals surface area contributed by atoms with Gasteiger partial charge in [0.25, 0.3) is 0 Å². The lowest BCUT2D eigenvalue weighted by molar-refractivity contribution is 0.292. The molecule has 0 radical (unpaired) electrons. The molecule has 0 amide bonds. The van der Waals surface area contributed by atoms with E-state index in [9.17, 15) is 9.90 Å². The zero-order valence-corrected chi connectivity index (χ0v) is 13.2. The SMILES string of the molecule is O=c1[nH]c2ncc(CC3(c4ccccc4O)CCNCC3)nc2[nH]1.